The highest BCUT2D eigenvalue weighted by Crippen LogP contribution is 2.33. The Bertz CT molecular complexity index is 944. The lowest BCUT2D eigenvalue weighted by Crippen LogP contribution is -2.19. The second kappa shape index (κ2) is 7.85. The number of phenols is 1. The molecule has 0 aromatic heterocycles. The first-order valence-electron chi connectivity index (χ1n) is 7.07. The van der Waals surface area contributed by atoms with E-state index in [0.717, 1.165) is 12.7 Å². The molecule has 0 unspecified atom stereocenters. The number of carbonyl (C=O) groups is 1. The van der Waals surface area contributed by atoms with E-state index < -0.39 is 0 Å². The van der Waals surface area contributed by atoms with Crippen molar-refractivity contribution in [1.29, 1.82) is 0 Å². The first-order valence-corrected chi connectivity index (χ1v) is 10.4. The van der Waals surface area contributed by atoms with E-state index in [1.165, 1.54) is 11.8 Å². The zero-order valence-corrected chi connectivity index (χ0v) is 18.7. The van der Waals surface area contributed by atoms with Gasteiger partial charge in [0.15, 0.2) is 5.17 Å². The van der Waals surface area contributed by atoms with Gasteiger partial charge < -0.3 is 10.4 Å². The van der Waals surface area contributed by atoms with Crippen LogP contribution in [0, 0.1) is 14.1 Å². The van der Waals surface area contributed by atoms with Crippen LogP contribution in [0.25, 0.3) is 6.08 Å². The maximum Gasteiger partial charge on any atom is 0.264 e. The van der Waals surface area contributed by atoms with E-state index in [-0.39, 0.29) is 11.7 Å². The molecule has 1 aliphatic heterocycles. The molecule has 2 aromatic rings. The first kappa shape index (κ1) is 19.0. The van der Waals surface area contributed by atoms with Gasteiger partial charge in [0.1, 0.15) is 5.75 Å². The monoisotopic (exact) mass is 596 g/mol. The Morgan fingerprint density at radius 2 is 2.04 bits per heavy atom. The predicted molar refractivity (Wildman–Crippen MR) is 121 cm³/mol. The number of benzene rings is 2. The first-order chi connectivity index (χ1) is 11.8. The molecule has 1 amide bonds. The molecule has 1 heterocycles. The molecular formula is C17H11ClI2N2O2S. The molecule has 0 bridgehead atoms. The molecule has 1 fully saturated rings. The van der Waals surface area contributed by atoms with E-state index in [4.69, 9.17) is 11.6 Å². The number of nitrogens with one attached hydrogen (secondary N) is 1. The van der Waals surface area contributed by atoms with E-state index in [1.807, 2.05) is 31.2 Å². The highest BCUT2D eigenvalue weighted by atomic mass is 127. The number of rotatable bonds is 2. The number of hydrogen-bond acceptors (Lipinski definition) is 4. The number of carbonyl (C=O) groups excluding carboxylic acids is 1. The summed E-state index contributed by atoms with van der Waals surface area (Å²) in [5.41, 5.74) is 2.25. The third-order valence-corrected chi connectivity index (χ3v) is 6.14. The number of hydrogen-bond donors (Lipinski definition) is 2. The third kappa shape index (κ3) is 4.50. The lowest BCUT2D eigenvalue weighted by Gasteiger charge is -2.03. The van der Waals surface area contributed by atoms with E-state index >= 15 is 0 Å². The van der Waals surface area contributed by atoms with Gasteiger partial charge in [-0.2, -0.15) is 0 Å². The molecule has 4 nitrogen and oxygen atoms in total. The molecule has 2 N–H and O–H groups in total. The molecule has 25 heavy (non-hydrogen) atoms. The number of phenolic OH excluding ortho intramolecular Hbond substituents is 1. The van der Waals surface area contributed by atoms with Gasteiger partial charge in [0.05, 0.1) is 14.2 Å². The Hall–Kier alpha value is -0.780. The summed E-state index contributed by atoms with van der Waals surface area (Å²) in [5.74, 6) is -0.0761. The van der Waals surface area contributed by atoms with E-state index in [0.29, 0.717) is 26.3 Å². The van der Waals surface area contributed by atoms with E-state index in [1.54, 1.807) is 12.1 Å². The van der Waals surface area contributed by atoms with Crippen LogP contribution in [0.15, 0.2) is 40.2 Å². The number of amidine groups is 1. The Labute approximate surface area is 181 Å². The molecule has 3 rings (SSSR count). The van der Waals surface area contributed by atoms with Crippen LogP contribution in [0.3, 0.4) is 0 Å². The average molecular weight is 597 g/mol. The third-order valence-electron chi connectivity index (χ3n) is 3.38. The standard InChI is InChI=1S/C17H11ClI2N2O2S/c1-8-2-3-11(7-12(8)18)21-17-22-16(24)14(25-17)5-9-4-10(19)6-13(20)15(9)23/h2-7,23H,1H3,(H,21,22,24)/b14-5-. The smallest absolute Gasteiger partial charge is 0.264 e. The zero-order valence-electron chi connectivity index (χ0n) is 12.8. The second-order valence-corrected chi connectivity index (χ2v) is 9.09. The van der Waals surface area contributed by atoms with Crippen LogP contribution in [0.2, 0.25) is 5.02 Å². The molecule has 1 aliphatic rings. The van der Waals surface area contributed by atoms with Gasteiger partial charge in [0.25, 0.3) is 5.91 Å². The molecule has 0 saturated carbocycles. The molecule has 8 heteroatoms. The van der Waals surface area contributed by atoms with Crippen molar-refractivity contribution in [3.05, 3.63) is 58.5 Å². The Morgan fingerprint density at radius 1 is 1.28 bits per heavy atom. The number of thioether (sulfide) groups is 1. The normalized spacial score (nSPS) is 17.4. The van der Waals surface area contributed by atoms with Gasteiger partial charge in [-0.25, -0.2) is 4.99 Å². The lowest BCUT2D eigenvalue weighted by atomic mass is 10.2. The van der Waals surface area contributed by atoms with Crippen molar-refractivity contribution in [3.8, 4) is 5.75 Å². The van der Waals surface area contributed by atoms with E-state index in [2.05, 4.69) is 55.5 Å². The minimum atomic E-state index is -0.241. The van der Waals surface area contributed by atoms with Crippen LogP contribution in [0.1, 0.15) is 11.1 Å². The van der Waals surface area contributed by atoms with Gasteiger partial charge in [-0.3, -0.25) is 4.79 Å². The van der Waals surface area contributed by atoms with Crippen LogP contribution in [0.4, 0.5) is 5.69 Å². The fourth-order valence-electron chi connectivity index (χ4n) is 2.09. The van der Waals surface area contributed by atoms with Crippen LogP contribution in [-0.2, 0) is 4.79 Å². The van der Waals surface area contributed by atoms with Gasteiger partial charge in [-0.1, -0.05) is 17.7 Å². The molecule has 0 aliphatic carbocycles. The summed E-state index contributed by atoms with van der Waals surface area (Å²) in [6.45, 7) is 1.92. The Balaban J connectivity index is 1.90. The fraction of sp³-hybridized carbons (Fsp3) is 0.0588. The van der Waals surface area contributed by atoms with Crippen LogP contribution < -0.4 is 5.32 Å². The maximum atomic E-state index is 12.2. The Morgan fingerprint density at radius 3 is 2.76 bits per heavy atom. The van der Waals surface area contributed by atoms with E-state index in [9.17, 15) is 9.90 Å². The van der Waals surface area contributed by atoms with Crippen molar-refractivity contribution in [2.75, 3.05) is 0 Å². The van der Waals surface area contributed by atoms with Crippen LogP contribution >= 0.6 is 68.5 Å². The quantitative estimate of drug-likeness (QED) is 0.358. The highest BCUT2D eigenvalue weighted by Gasteiger charge is 2.24. The summed E-state index contributed by atoms with van der Waals surface area (Å²) in [7, 11) is 0. The molecule has 1 saturated heterocycles. The van der Waals surface area contributed by atoms with Gasteiger partial charge in [0, 0.05) is 14.2 Å². The molecule has 0 atom stereocenters. The molecule has 0 radical (unpaired) electrons. The number of aliphatic imine (C=N–C) groups is 1. The summed E-state index contributed by atoms with van der Waals surface area (Å²) >= 11 is 11.6. The van der Waals surface area contributed by atoms with Crippen molar-refractivity contribution in [1.82, 2.24) is 5.32 Å². The van der Waals surface area contributed by atoms with Gasteiger partial charge in [0.2, 0.25) is 0 Å². The average Bonchev–Trinajstić information content (AvgIpc) is 2.87. The van der Waals surface area contributed by atoms with Crippen molar-refractivity contribution < 1.29 is 9.90 Å². The minimum Gasteiger partial charge on any atom is -0.506 e. The lowest BCUT2D eigenvalue weighted by molar-refractivity contribution is -0.115. The Kier molecular flexibility index (Phi) is 5.96. The molecule has 2 aromatic carbocycles. The number of amides is 1. The fourth-order valence-corrected chi connectivity index (χ4v) is 4.98. The number of halogens is 3. The van der Waals surface area contributed by atoms with Crippen molar-refractivity contribution >= 4 is 91.4 Å². The number of nitrogens with zero attached hydrogens (tertiary/aromatic N) is 1. The van der Waals surface area contributed by atoms with Crippen molar-refractivity contribution in [2.24, 2.45) is 4.99 Å². The highest BCUT2D eigenvalue weighted by molar-refractivity contribution is 14.1. The minimum absolute atomic E-state index is 0.164. The number of aryl methyl sites for hydroxylation is 1. The zero-order chi connectivity index (χ0) is 18.1. The summed E-state index contributed by atoms with van der Waals surface area (Å²) < 4.78 is 1.72. The summed E-state index contributed by atoms with van der Waals surface area (Å²) in [6, 6.07) is 9.18. The van der Waals surface area contributed by atoms with Crippen LogP contribution in [-0.4, -0.2) is 16.2 Å². The van der Waals surface area contributed by atoms with Gasteiger partial charge in [-0.05, 0) is 99.8 Å². The largest absolute Gasteiger partial charge is 0.506 e. The topological polar surface area (TPSA) is 61.7 Å². The van der Waals surface area contributed by atoms with Gasteiger partial charge in [-0.15, -0.1) is 0 Å². The van der Waals surface area contributed by atoms with Crippen molar-refractivity contribution in [2.45, 2.75) is 6.92 Å². The van der Waals surface area contributed by atoms with Gasteiger partial charge >= 0.3 is 0 Å². The molecule has 0 spiro atoms. The summed E-state index contributed by atoms with van der Waals surface area (Å²) in [4.78, 5) is 17.1. The predicted octanol–water partition coefficient (Wildman–Crippen LogP) is 5.45. The summed E-state index contributed by atoms with van der Waals surface area (Å²) in [5, 5.41) is 14.0. The van der Waals surface area contributed by atoms with Crippen LogP contribution in [0.5, 0.6) is 5.75 Å². The maximum absolute atomic E-state index is 12.2. The number of aromatic hydroxyl groups is 1. The molecule has 128 valence electrons. The second-order valence-electron chi connectivity index (χ2n) is 5.24. The SMILES string of the molecule is Cc1ccc(N=C2NC(=O)/C(=C/c3cc(I)cc(I)c3O)S2)cc1Cl. The molecular weight excluding hydrogens is 586 g/mol. The summed E-state index contributed by atoms with van der Waals surface area (Å²) in [6.07, 6.45) is 1.67. The van der Waals surface area contributed by atoms with Crippen molar-refractivity contribution in [3.63, 3.8) is 0 Å².